The molecular formula is C8H14N2O2. The van der Waals surface area contributed by atoms with Gasteiger partial charge in [0.1, 0.15) is 7.11 Å². The van der Waals surface area contributed by atoms with Crippen LogP contribution in [0.3, 0.4) is 0 Å². The number of carbonyl (C=O) groups excluding carboxylic acids is 1. The summed E-state index contributed by atoms with van der Waals surface area (Å²) in [5.74, 6) is -0.482. The quantitative estimate of drug-likeness (QED) is 0.619. The monoisotopic (exact) mass is 170 g/mol. The molecule has 12 heavy (non-hydrogen) atoms. The van der Waals surface area contributed by atoms with Crippen molar-refractivity contribution in [1.82, 2.24) is 0 Å². The smallest absolute Gasteiger partial charge is 0.226 e. The largest absolute Gasteiger partial charge is 0.399 e. The fraction of sp³-hybridized carbons (Fsp3) is 0.750. The molecule has 1 aliphatic rings. The van der Waals surface area contributed by atoms with Crippen molar-refractivity contribution < 1.29 is 9.63 Å². The first-order chi connectivity index (χ1) is 5.75. The maximum Gasteiger partial charge on any atom is 0.226 e. The van der Waals surface area contributed by atoms with Gasteiger partial charge in [-0.3, -0.25) is 4.79 Å². The van der Waals surface area contributed by atoms with Crippen molar-refractivity contribution in [2.24, 2.45) is 16.8 Å². The zero-order valence-electron chi connectivity index (χ0n) is 7.25. The van der Waals surface area contributed by atoms with Gasteiger partial charge in [0, 0.05) is 0 Å². The first kappa shape index (κ1) is 9.03. The van der Waals surface area contributed by atoms with Gasteiger partial charge in [0.05, 0.1) is 11.6 Å². The molecule has 2 N–H and O–H groups in total. The SMILES string of the molecule is CON=C1CCCC[C@H]1C(N)=O. The highest BCUT2D eigenvalue weighted by molar-refractivity contribution is 6.03. The topological polar surface area (TPSA) is 64.7 Å². The fourth-order valence-corrected chi connectivity index (χ4v) is 1.53. The molecule has 0 spiro atoms. The van der Waals surface area contributed by atoms with Gasteiger partial charge in [-0.1, -0.05) is 11.6 Å². The van der Waals surface area contributed by atoms with Crippen molar-refractivity contribution in [3.05, 3.63) is 0 Å². The van der Waals surface area contributed by atoms with Gasteiger partial charge in [-0.15, -0.1) is 0 Å². The number of rotatable bonds is 2. The van der Waals surface area contributed by atoms with Gasteiger partial charge >= 0.3 is 0 Å². The van der Waals surface area contributed by atoms with Gasteiger partial charge in [-0.2, -0.15) is 0 Å². The third kappa shape index (κ3) is 1.96. The maximum atomic E-state index is 10.9. The van der Waals surface area contributed by atoms with E-state index in [2.05, 4.69) is 9.99 Å². The third-order valence-electron chi connectivity index (χ3n) is 2.13. The second kappa shape index (κ2) is 4.09. The number of nitrogens with zero attached hydrogens (tertiary/aromatic N) is 1. The lowest BCUT2D eigenvalue weighted by Gasteiger charge is -2.19. The summed E-state index contributed by atoms with van der Waals surface area (Å²) in [4.78, 5) is 15.6. The average Bonchev–Trinajstić information content (AvgIpc) is 2.05. The number of carbonyl (C=O) groups is 1. The molecule has 0 radical (unpaired) electrons. The highest BCUT2D eigenvalue weighted by Crippen LogP contribution is 2.21. The van der Waals surface area contributed by atoms with E-state index >= 15 is 0 Å². The van der Waals surface area contributed by atoms with Gasteiger partial charge in [-0.05, 0) is 19.3 Å². The van der Waals surface area contributed by atoms with E-state index in [1.165, 1.54) is 7.11 Å². The normalized spacial score (nSPS) is 27.1. The Labute approximate surface area is 71.8 Å². The summed E-state index contributed by atoms with van der Waals surface area (Å²) in [6, 6.07) is 0. The third-order valence-corrected chi connectivity index (χ3v) is 2.13. The van der Waals surface area contributed by atoms with Gasteiger partial charge < -0.3 is 10.6 Å². The molecule has 0 heterocycles. The van der Waals surface area contributed by atoms with E-state index in [-0.39, 0.29) is 11.8 Å². The van der Waals surface area contributed by atoms with Crippen LogP contribution in [0, 0.1) is 5.92 Å². The molecule has 1 fully saturated rings. The Bertz CT molecular complexity index is 201. The van der Waals surface area contributed by atoms with Crippen LogP contribution in [-0.2, 0) is 9.63 Å². The first-order valence-electron chi connectivity index (χ1n) is 4.15. The summed E-state index contributed by atoms with van der Waals surface area (Å²) in [5.41, 5.74) is 6.01. The summed E-state index contributed by atoms with van der Waals surface area (Å²) < 4.78 is 0. The minimum absolute atomic E-state index is 0.196. The Balaban J connectivity index is 2.67. The lowest BCUT2D eigenvalue weighted by atomic mass is 9.87. The molecule has 0 aromatic carbocycles. The van der Waals surface area contributed by atoms with Crippen LogP contribution in [0.15, 0.2) is 5.16 Å². The van der Waals surface area contributed by atoms with E-state index in [0.29, 0.717) is 0 Å². The zero-order chi connectivity index (χ0) is 8.97. The molecule has 0 bridgehead atoms. The molecule has 1 aliphatic carbocycles. The van der Waals surface area contributed by atoms with E-state index in [0.717, 1.165) is 31.4 Å². The van der Waals surface area contributed by atoms with Crippen LogP contribution in [0.4, 0.5) is 0 Å². The van der Waals surface area contributed by atoms with Crippen LogP contribution >= 0.6 is 0 Å². The molecule has 0 aliphatic heterocycles. The molecule has 1 atom stereocenters. The van der Waals surface area contributed by atoms with Crippen molar-refractivity contribution in [3.63, 3.8) is 0 Å². The van der Waals surface area contributed by atoms with Crippen molar-refractivity contribution in [3.8, 4) is 0 Å². The van der Waals surface area contributed by atoms with E-state index in [1.807, 2.05) is 0 Å². The summed E-state index contributed by atoms with van der Waals surface area (Å²) in [5, 5.41) is 3.80. The molecule has 1 rings (SSSR count). The number of nitrogens with two attached hydrogens (primary N) is 1. The predicted octanol–water partition coefficient (Wildman–Crippen LogP) is 0.664. The van der Waals surface area contributed by atoms with E-state index < -0.39 is 0 Å². The summed E-state index contributed by atoms with van der Waals surface area (Å²) in [7, 11) is 1.49. The van der Waals surface area contributed by atoms with E-state index in [4.69, 9.17) is 5.73 Å². The van der Waals surface area contributed by atoms with Crippen LogP contribution in [0.25, 0.3) is 0 Å². The lowest BCUT2D eigenvalue weighted by Crippen LogP contribution is -2.32. The molecular weight excluding hydrogens is 156 g/mol. The summed E-state index contributed by atoms with van der Waals surface area (Å²) in [6.45, 7) is 0. The van der Waals surface area contributed by atoms with Crippen LogP contribution in [-0.4, -0.2) is 18.7 Å². The molecule has 4 heteroatoms. The predicted molar refractivity (Wildman–Crippen MR) is 45.6 cm³/mol. The molecule has 0 saturated heterocycles. The van der Waals surface area contributed by atoms with Crippen LogP contribution < -0.4 is 5.73 Å². The Morgan fingerprint density at radius 1 is 1.67 bits per heavy atom. The molecule has 0 aromatic rings. The summed E-state index contributed by atoms with van der Waals surface area (Å²) in [6.07, 6.45) is 3.78. The van der Waals surface area contributed by atoms with Gasteiger partial charge in [0.2, 0.25) is 5.91 Å². The Morgan fingerprint density at radius 2 is 2.42 bits per heavy atom. The number of primary amides is 1. The lowest BCUT2D eigenvalue weighted by molar-refractivity contribution is -0.120. The molecule has 1 amide bonds. The van der Waals surface area contributed by atoms with Crippen molar-refractivity contribution >= 4 is 11.6 Å². The Morgan fingerprint density at radius 3 is 3.00 bits per heavy atom. The standard InChI is InChI=1S/C8H14N2O2/c1-12-10-7-5-3-2-4-6(7)8(9)11/h6H,2-5H2,1H3,(H2,9,11)/t6-/m1/s1. The highest BCUT2D eigenvalue weighted by Gasteiger charge is 2.25. The number of oxime groups is 1. The summed E-state index contributed by atoms with van der Waals surface area (Å²) >= 11 is 0. The zero-order valence-corrected chi connectivity index (χ0v) is 7.25. The van der Waals surface area contributed by atoms with Crippen molar-refractivity contribution in [2.45, 2.75) is 25.7 Å². The molecule has 68 valence electrons. The van der Waals surface area contributed by atoms with Crippen molar-refractivity contribution in [1.29, 1.82) is 0 Å². The minimum atomic E-state index is -0.287. The second-order valence-corrected chi connectivity index (χ2v) is 2.97. The van der Waals surface area contributed by atoms with Crippen molar-refractivity contribution in [2.75, 3.05) is 7.11 Å². The number of hydrogen-bond acceptors (Lipinski definition) is 3. The Kier molecular flexibility index (Phi) is 3.08. The van der Waals surface area contributed by atoms with E-state index in [9.17, 15) is 4.79 Å². The second-order valence-electron chi connectivity index (χ2n) is 2.97. The van der Waals surface area contributed by atoms with Gasteiger partial charge in [0.25, 0.3) is 0 Å². The van der Waals surface area contributed by atoms with Gasteiger partial charge in [-0.25, -0.2) is 0 Å². The first-order valence-corrected chi connectivity index (χ1v) is 4.15. The van der Waals surface area contributed by atoms with Crippen LogP contribution in [0.5, 0.6) is 0 Å². The molecule has 0 aromatic heterocycles. The maximum absolute atomic E-state index is 10.9. The number of amides is 1. The molecule has 0 unspecified atom stereocenters. The fourth-order valence-electron chi connectivity index (χ4n) is 1.53. The Hall–Kier alpha value is -1.06. The highest BCUT2D eigenvalue weighted by atomic mass is 16.6. The van der Waals surface area contributed by atoms with E-state index in [1.54, 1.807) is 0 Å². The van der Waals surface area contributed by atoms with Crippen LogP contribution in [0.1, 0.15) is 25.7 Å². The van der Waals surface area contributed by atoms with Crippen LogP contribution in [0.2, 0.25) is 0 Å². The number of hydrogen-bond donors (Lipinski definition) is 1. The van der Waals surface area contributed by atoms with Gasteiger partial charge in [0.15, 0.2) is 0 Å². The molecule has 1 saturated carbocycles. The average molecular weight is 170 g/mol. The minimum Gasteiger partial charge on any atom is -0.399 e. The molecule has 4 nitrogen and oxygen atoms in total.